The third-order valence-corrected chi connectivity index (χ3v) is 0.802. The summed E-state index contributed by atoms with van der Waals surface area (Å²) in [6.07, 6.45) is 0.596. The molecular weight excluding hydrogens is 134 g/mol. The van der Waals surface area contributed by atoms with Crippen LogP contribution in [0.3, 0.4) is 0 Å². The van der Waals surface area contributed by atoms with Crippen LogP contribution in [0.25, 0.3) is 0 Å². The van der Waals surface area contributed by atoms with Crippen LogP contribution in [-0.2, 0) is 9.53 Å². The predicted octanol–water partition coefficient (Wildman–Crippen LogP) is -1.19. The number of ether oxygens (including phenoxy) is 1. The van der Waals surface area contributed by atoms with Gasteiger partial charge in [0.25, 0.3) is 0 Å². The fourth-order valence-electron chi connectivity index (χ4n) is 0.326. The summed E-state index contributed by atoms with van der Waals surface area (Å²) in [5, 5.41) is 6.61. The van der Waals surface area contributed by atoms with Crippen LogP contribution in [0.5, 0.6) is 0 Å². The standard InChI is InChI=1S/C5H11N3O2/c6-2-1-3-10-5(9)4(7)8/h1-3,6H2,(H3,7,8). The van der Waals surface area contributed by atoms with Gasteiger partial charge in [0, 0.05) is 0 Å². The molecule has 0 atom stereocenters. The van der Waals surface area contributed by atoms with Crippen LogP contribution in [0.15, 0.2) is 0 Å². The van der Waals surface area contributed by atoms with Gasteiger partial charge in [0.15, 0.2) is 0 Å². The molecule has 5 nitrogen and oxygen atoms in total. The normalized spacial score (nSPS) is 8.90. The van der Waals surface area contributed by atoms with E-state index in [0.29, 0.717) is 13.0 Å². The number of amidine groups is 1. The van der Waals surface area contributed by atoms with Gasteiger partial charge in [-0.2, -0.15) is 0 Å². The van der Waals surface area contributed by atoms with Gasteiger partial charge in [-0.05, 0) is 13.0 Å². The summed E-state index contributed by atoms with van der Waals surface area (Å²) < 4.78 is 4.48. The van der Waals surface area contributed by atoms with Crippen molar-refractivity contribution in [1.82, 2.24) is 0 Å². The van der Waals surface area contributed by atoms with Crippen molar-refractivity contribution in [3.8, 4) is 0 Å². The van der Waals surface area contributed by atoms with Crippen LogP contribution in [0.4, 0.5) is 0 Å². The zero-order chi connectivity index (χ0) is 7.98. The van der Waals surface area contributed by atoms with Crippen LogP contribution in [0, 0.1) is 5.41 Å². The molecule has 0 aliphatic heterocycles. The first-order valence-electron chi connectivity index (χ1n) is 2.89. The van der Waals surface area contributed by atoms with Gasteiger partial charge >= 0.3 is 5.97 Å². The number of esters is 1. The molecule has 0 aromatic carbocycles. The van der Waals surface area contributed by atoms with E-state index in [1.165, 1.54) is 0 Å². The van der Waals surface area contributed by atoms with E-state index in [1.54, 1.807) is 0 Å². The second-order valence-corrected chi connectivity index (χ2v) is 1.69. The summed E-state index contributed by atoms with van der Waals surface area (Å²) in [6.45, 7) is 0.695. The lowest BCUT2D eigenvalue weighted by Crippen LogP contribution is -2.25. The Hall–Kier alpha value is -1.10. The number of rotatable bonds is 3. The van der Waals surface area contributed by atoms with Gasteiger partial charge in [0.05, 0.1) is 6.61 Å². The molecule has 58 valence electrons. The Morgan fingerprint density at radius 3 is 2.60 bits per heavy atom. The summed E-state index contributed by atoms with van der Waals surface area (Å²) in [6, 6.07) is 0. The highest BCUT2D eigenvalue weighted by atomic mass is 16.5. The van der Waals surface area contributed by atoms with Crippen LogP contribution in [-0.4, -0.2) is 25.0 Å². The first-order chi connectivity index (χ1) is 4.68. The maximum absolute atomic E-state index is 10.4. The quantitative estimate of drug-likeness (QED) is 0.201. The lowest BCUT2D eigenvalue weighted by atomic mass is 10.5. The maximum atomic E-state index is 10.4. The lowest BCUT2D eigenvalue weighted by molar-refractivity contribution is -0.135. The molecule has 0 amide bonds. The highest BCUT2D eigenvalue weighted by Gasteiger charge is 2.03. The Balaban J connectivity index is 3.31. The van der Waals surface area contributed by atoms with Gasteiger partial charge < -0.3 is 16.2 Å². The Kier molecular flexibility index (Phi) is 4.23. The monoisotopic (exact) mass is 145 g/mol. The molecule has 0 aliphatic carbocycles. The molecule has 0 aliphatic rings. The largest absolute Gasteiger partial charge is 0.460 e. The van der Waals surface area contributed by atoms with Crippen molar-refractivity contribution < 1.29 is 9.53 Å². The number of nitrogens with one attached hydrogen (secondary N) is 1. The second kappa shape index (κ2) is 4.75. The molecule has 0 heterocycles. The van der Waals surface area contributed by atoms with E-state index in [1.807, 2.05) is 0 Å². The zero-order valence-corrected chi connectivity index (χ0v) is 5.59. The van der Waals surface area contributed by atoms with Crippen LogP contribution in [0.2, 0.25) is 0 Å². The SMILES string of the molecule is N=C(N)C(=O)OCCCN. The van der Waals surface area contributed by atoms with Crippen molar-refractivity contribution in [2.75, 3.05) is 13.2 Å². The van der Waals surface area contributed by atoms with Crippen molar-refractivity contribution in [3.05, 3.63) is 0 Å². The van der Waals surface area contributed by atoms with Crippen LogP contribution < -0.4 is 11.5 Å². The number of carbonyl (C=O) groups is 1. The molecule has 10 heavy (non-hydrogen) atoms. The van der Waals surface area contributed by atoms with Crippen molar-refractivity contribution in [3.63, 3.8) is 0 Å². The molecule has 0 aromatic rings. The minimum atomic E-state index is -0.784. The Morgan fingerprint density at radius 1 is 1.60 bits per heavy atom. The third-order valence-electron chi connectivity index (χ3n) is 0.802. The van der Waals surface area contributed by atoms with Crippen molar-refractivity contribution in [2.45, 2.75) is 6.42 Å². The summed E-state index contributed by atoms with van der Waals surface area (Å²) in [5.74, 6) is -1.36. The molecule has 5 N–H and O–H groups in total. The molecule has 0 aromatic heterocycles. The zero-order valence-electron chi connectivity index (χ0n) is 5.59. The average molecular weight is 145 g/mol. The van der Waals surface area contributed by atoms with E-state index in [4.69, 9.17) is 16.9 Å². The highest BCUT2D eigenvalue weighted by molar-refractivity contribution is 6.33. The van der Waals surface area contributed by atoms with E-state index < -0.39 is 11.8 Å². The minimum Gasteiger partial charge on any atom is -0.460 e. The molecule has 0 unspecified atom stereocenters. The van der Waals surface area contributed by atoms with Gasteiger partial charge in [-0.1, -0.05) is 0 Å². The molecular formula is C5H11N3O2. The van der Waals surface area contributed by atoms with E-state index >= 15 is 0 Å². The van der Waals surface area contributed by atoms with E-state index in [0.717, 1.165) is 0 Å². The molecule has 0 radical (unpaired) electrons. The smallest absolute Gasteiger partial charge is 0.373 e. The Morgan fingerprint density at radius 2 is 2.20 bits per heavy atom. The number of nitrogens with two attached hydrogens (primary N) is 2. The van der Waals surface area contributed by atoms with Crippen molar-refractivity contribution in [2.24, 2.45) is 11.5 Å². The first kappa shape index (κ1) is 8.90. The average Bonchev–Trinajstić information content (AvgIpc) is 1.88. The Labute approximate surface area is 58.8 Å². The fourth-order valence-corrected chi connectivity index (χ4v) is 0.326. The number of hydrogen-bond donors (Lipinski definition) is 3. The third kappa shape index (κ3) is 3.85. The molecule has 0 rings (SSSR count). The summed E-state index contributed by atoms with van der Waals surface area (Å²) in [4.78, 5) is 10.4. The van der Waals surface area contributed by atoms with Gasteiger partial charge in [0.2, 0.25) is 5.84 Å². The summed E-state index contributed by atoms with van der Waals surface area (Å²) in [5.41, 5.74) is 9.91. The number of hydrogen-bond acceptors (Lipinski definition) is 4. The maximum Gasteiger partial charge on any atom is 0.373 e. The van der Waals surface area contributed by atoms with E-state index in [2.05, 4.69) is 4.74 Å². The van der Waals surface area contributed by atoms with Crippen LogP contribution >= 0.6 is 0 Å². The molecule has 0 fully saturated rings. The number of carbonyl (C=O) groups excluding carboxylic acids is 1. The summed E-state index contributed by atoms with van der Waals surface area (Å²) >= 11 is 0. The molecule has 0 spiro atoms. The van der Waals surface area contributed by atoms with Crippen molar-refractivity contribution in [1.29, 1.82) is 5.41 Å². The topological polar surface area (TPSA) is 102 Å². The lowest BCUT2D eigenvalue weighted by Gasteiger charge is -1.99. The van der Waals surface area contributed by atoms with Crippen LogP contribution in [0.1, 0.15) is 6.42 Å². The van der Waals surface area contributed by atoms with Gasteiger partial charge in [-0.3, -0.25) is 5.41 Å². The molecule has 5 heteroatoms. The van der Waals surface area contributed by atoms with E-state index in [9.17, 15) is 4.79 Å². The van der Waals surface area contributed by atoms with Gasteiger partial charge in [-0.25, -0.2) is 4.79 Å². The first-order valence-corrected chi connectivity index (χ1v) is 2.89. The predicted molar refractivity (Wildman–Crippen MR) is 36.5 cm³/mol. The van der Waals surface area contributed by atoms with Crippen molar-refractivity contribution >= 4 is 11.8 Å². The van der Waals surface area contributed by atoms with Gasteiger partial charge in [-0.15, -0.1) is 0 Å². The fraction of sp³-hybridized carbons (Fsp3) is 0.600. The van der Waals surface area contributed by atoms with E-state index in [-0.39, 0.29) is 6.61 Å². The summed E-state index contributed by atoms with van der Waals surface area (Å²) in [7, 11) is 0. The molecule has 0 bridgehead atoms. The second-order valence-electron chi connectivity index (χ2n) is 1.69. The minimum absolute atomic E-state index is 0.231. The molecule has 0 saturated carbocycles. The highest BCUT2D eigenvalue weighted by Crippen LogP contribution is 1.80. The van der Waals surface area contributed by atoms with Gasteiger partial charge in [0.1, 0.15) is 0 Å². The Bertz CT molecular complexity index is 135. The molecule has 0 saturated heterocycles.